The topological polar surface area (TPSA) is 29.3 Å². The predicted molar refractivity (Wildman–Crippen MR) is 72.8 cm³/mol. The number of rotatable bonds is 3. The van der Waals surface area contributed by atoms with E-state index in [1.807, 2.05) is 0 Å². The summed E-state index contributed by atoms with van der Waals surface area (Å²) in [6.07, 6.45) is 2.51. The van der Waals surface area contributed by atoms with Crippen molar-refractivity contribution in [3.8, 4) is 0 Å². The third-order valence-electron chi connectivity index (χ3n) is 4.03. The number of benzene rings is 1. The van der Waals surface area contributed by atoms with E-state index in [2.05, 4.69) is 43.0 Å². The second-order valence-corrected chi connectivity index (χ2v) is 5.40. The Labute approximate surface area is 105 Å². The molecule has 0 spiro atoms. The molecule has 1 aromatic rings. The summed E-state index contributed by atoms with van der Waals surface area (Å²) in [4.78, 5) is 2.56. The SMILES string of the molecule is Cc1ccccc1CN1CCC(C(C)N)CC1. The van der Waals surface area contributed by atoms with Crippen LogP contribution in [-0.4, -0.2) is 24.0 Å². The summed E-state index contributed by atoms with van der Waals surface area (Å²) < 4.78 is 0. The van der Waals surface area contributed by atoms with Gasteiger partial charge >= 0.3 is 0 Å². The normalized spacial score (nSPS) is 20.4. The lowest BCUT2D eigenvalue weighted by molar-refractivity contribution is 0.165. The number of likely N-dealkylation sites (tertiary alicyclic amines) is 1. The molecule has 0 bridgehead atoms. The fourth-order valence-corrected chi connectivity index (χ4v) is 2.67. The van der Waals surface area contributed by atoms with Crippen molar-refractivity contribution in [2.24, 2.45) is 11.7 Å². The first-order chi connectivity index (χ1) is 8.16. The second kappa shape index (κ2) is 5.65. The Morgan fingerprint density at radius 2 is 1.94 bits per heavy atom. The summed E-state index contributed by atoms with van der Waals surface area (Å²) in [6, 6.07) is 9.05. The average Bonchev–Trinajstić information content (AvgIpc) is 2.33. The Hall–Kier alpha value is -0.860. The number of nitrogens with zero attached hydrogens (tertiary/aromatic N) is 1. The van der Waals surface area contributed by atoms with Gasteiger partial charge in [-0.3, -0.25) is 4.90 Å². The summed E-state index contributed by atoms with van der Waals surface area (Å²) >= 11 is 0. The molecule has 0 saturated carbocycles. The predicted octanol–water partition coefficient (Wildman–Crippen LogP) is 2.55. The zero-order valence-corrected chi connectivity index (χ0v) is 11.0. The molecule has 1 saturated heterocycles. The highest BCUT2D eigenvalue weighted by Gasteiger charge is 2.21. The number of hydrogen-bond acceptors (Lipinski definition) is 2. The van der Waals surface area contributed by atoms with E-state index in [0.717, 1.165) is 12.5 Å². The molecule has 1 unspecified atom stereocenters. The molecule has 0 radical (unpaired) electrons. The van der Waals surface area contributed by atoms with E-state index in [1.165, 1.54) is 37.1 Å². The van der Waals surface area contributed by atoms with E-state index >= 15 is 0 Å². The van der Waals surface area contributed by atoms with Gasteiger partial charge in [-0.15, -0.1) is 0 Å². The molecular formula is C15H24N2. The standard InChI is InChI=1S/C15H24N2/c1-12-5-3-4-6-15(12)11-17-9-7-14(8-10-17)13(2)16/h3-6,13-14H,7-11,16H2,1-2H3. The van der Waals surface area contributed by atoms with Crippen molar-refractivity contribution in [1.82, 2.24) is 4.90 Å². The van der Waals surface area contributed by atoms with Gasteiger partial charge in [0.1, 0.15) is 0 Å². The van der Waals surface area contributed by atoms with Crippen molar-refractivity contribution in [2.45, 2.75) is 39.3 Å². The molecule has 2 heteroatoms. The van der Waals surface area contributed by atoms with Crippen LogP contribution >= 0.6 is 0 Å². The molecule has 0 amide bonds. The molecule has 1 aromatic carbocycles. The van der Waals surface area contributed by atoms with E-state index in [0.29, 0.717) is 6.04 Å². The summed E-state index contributed by atoms with van der Waals surface area (Å²) in [6.45, 7) is 7.82. The van der Waals surface area contributed by atoms with Crippen LogP contribution in [0.25, 0.3) is 0 Å². The van der Waals surface area contributed by atoms with Gasteiger partial charge in [-0.05, 0) is 56.8 Å². The Morgan fingerprint density at radius 1 is 1.29 bits per heavy atom. The highest BCUT2D eigenvalue weighted by Crippen LogP contribution is 2.21. The van der Waals surface area contributed by atoms with Crippen molar-refractivity contribution in [3.05, 3.63) is 35.4 Å². The van der Waals surface area contributed by atoms with Crippen LogP contribution in [0.5, 0.6) is 0 Å². The monoisotopic (exact) mass is 232 g/mol. The summed E-state index contributed by atoms with van der Waals surface area (Å²) in [5.41, 5.74) is 8.84. The smallest absolute Gasteiger partial charge is 0.0236 e. The number of hydrogen-bond donors (Lipinski definition) is 1. The van der Waals surface area contributed by atoms with Crippen LogP contribution < -0.4 is 5.73 Å². The summed E-state index contributed by atoms with van der Waals surface area (Å²) in [5.74, 6) is 0.725. The van der Waals surface area contributed by atoms with Crippen molar-refractivity contribution in [1.29, 1.82) is 0 Å². The minimum absolute atomic E-state index is 0.357. The third-order valence-corrected chi connectivity index (χ3v) is 4.03. The first kappa shape index (κ1) is 12.6. The zero-order chi connectivity index (χ0) is 12.3. The molecule has 2 rings (SSSR count). The molecule has 2 nitrogen and oxygen atoms in total. The maximum atomic E-state index is 5.97. The molecule has 17 heavy (non-hydrogen) atoms. The minimum atomic E-state index is 0.357. The van der Waals surface area contributed by atoms with Crippen LogP contribution in [0, 0.1) is 12.8 Å². The minimum Gasteiger partial charge on any atom is -0.328 e. The number of aryl methyl sites for hydroxylation is 1. The Kier molecular flexibility index (Phi) is 4.19. The van der Waals surface area contributed by atoms with Gasteiger partial charge in [-0.1, -0.05) is 24.3 Å². The molecule has 1 heterocycles. The molecule has 0 aromatic heterocycles. The average molecular weight is 232 g/mol. The molecule has 94 valence electrons. The van der Waals surface area contributed by atoms with Crippen LogP contribution in [0.2, 0.25) is 0 Å². The lowest BCUT2D eigenvalue weighted by atomic mass is 9.90. The van der Waals surface area contributed by atoms with E-state index in [-0.39, 0.29) is 0 Å². The highest BCUT2D eigenvalue weighted by atomic mass is 15.1. The highest BCUT2D eigenvalue weighted by molar-refractivity contribution is 5.25. The first-order valence-corrected chi connectivity index (χ1v) is 6.69. The van der Waals surface area contributed by atoms with Crippen molar-refractivity contribution >= 4 is 0 Å². The number of nitrogens with two attached hydrogens (primary N) is 1. The maximum Gasteiger partial charge on any atom is 0.0236 e. The molecule has 2 N–H and O–H groups in total. The van der Waals surface area contributed by atoms with Crippen LogP contribution in [-0.2, 0) is 6.54 Å². The quantitative estimate of drug-likeness (QED) is 0.868. The van der Waals surface area contributed by atoms with Gasteiger partial charge in [0, 0.05) is 12.6 Å². The van der Waals surface area contributed by atoms with Gasteiger partial charge in [0.15, 0.2) is 0 Å². The van der Waals surface area contributed by atoms with Gasteiger partial charge in [-0.25, -0.2) is 0 Å². The lowest BCUT2D eigenvalue weighted by Gasteiger charge is -2.33. The fraction of sp³-hybridized carbons (Fsp3) is 0.600. The molecule has 1 atom stereocenters. The zero-order valence-electron chi connectivity index (χ0n) is 11.0. The molecule has 1 aliphatic rings. The molecule has 0 aliphatic carbocycles. The van der Waals surface area contributed by atoms with Gasteiger partial charge in [0.2, 0.25) is 0 Å². The Bertz CT molecular complexity index is 352. The van der Waals surface area contributed by atoms with E-state index in [1.54, 1.807) is 0 Å². The molecule has 1 aliphatic heterocycles. The summed E-state index contributed by atoms with van der Waals surface area (Å²) in [5, 5.41) is 0. The maximum absolute atomic E-state index is 5.97. The van der Waals surface area contributed by atoms with Crippen LogP contribution in [0.3, 0.4) is 0 Å². The van der Waals surface area contributed by atoms with Crippen LogP contribution in [0.4, 0.5) is 0 Å². The van der Waals surface area contributed by atoms with Crippen molar-refractivity contribution < 1.29 is 0 Å². The van der Waals surface area contributed by atoms with Crippen LogP contribution in [0.1, 0.15) is 30.9 Å². The lowest BCUT2D eigenvalue weighted by Crippen LogP contribution is -2.39. The number of piperidine rings is 1. The Morgan fingerprint density at radius 3 is 2.53 bits per heavy atom. The first-order valence-electron chi connectivity index (χ1n) is 6.69. The van der Waals surface area contributed by atoms with E-state index in [4.69, 9.17) is 5.73 Å². The van der Waals surface area contributed by atoms with Gasteiger partial charge in [-0.2, -0.15) is 0 Å². The van der Waals surface area contributed by atoms with Gasteiger partial charge in [0.05, 0.1) is 0 Å². The molecule has 1 fully saturated rings. The Balaban J connectivity index is 1.88. The van der Waals surface area contributed by atoms with E-state index in [9.17, 15) is 0 Å². The van der Waals surface area contributed by atoms with Crippen molar-refractivity contribution in [3.63, 3.8) is 0 Å². The fourth-order valence-electron chi connectivity index (χ4n) is 2.67. The van der Waals surface area contributed by atoms with Crippen LogP contribution in [0.15, 0.2) is 24.3 Å². The van der Waals surface area contributed by atoms with Gasteiger partial charge < -0.3 is 5.73 Å². The molecular weight excluding hydrogens is 208 g/mol. The van der Waals surface area contributed by atoms with E-state index < -0.39 is 0 Å². The van der Waals surface area contributed by atoms with Crippen molar-refractivity contribution in [2.75, 3.05) is 13.1 Å². The second-order valence-electron chi connectivity index (χ2n) is 5.40. The largest absolute Gasteiger partial charge is 0.328 e. The van der Waals surface area contributed by atoms with Gasteiger partial charge in [0.25, 0.3) is 0 Å². The third kappa shape index (κ3) is 3.30. The summed E-state index contributed by atoms with van der Waals surface area (Å²) in [7, 11) is 0.